The molecule has 0 fully saturated rings. The van der Waals surface area contributed by atoms with E-state index in [1.165, 1.54) is 11.8 Å². The normalized spacial score (nSPS) is 10.7. The summed E-state index contributed by atoms with van der Waals surface area (Å²) in [6.45, 7) is 2.14. The first-order chi connectivity index (χ1) is 10.2. The van der Waals surface area contributed by atoms with Crippen LogP contribution in [0.15, 0.2) is 60.7 Å². The molecule has 21 heavy (non-hydrogen) atoms. The Hall–Kier alpha value is -2.00. The van der Waals surface area contributed by atoms with E-state index in [2.05, 4.69) is 0 Å². The Kier molecular flexibility index (Phi) is 6.10. The number of hydrogen-bond acceptors (Lipinski definition) is 3. The van der Waals surface area contributed by atoms with Crippen molar-refractivity contribution < 1.29 is 9.53 Å². The molecule has 0 saturated heterocycles. The molecule has 108 valence electrons. The minimum Gasteiger partial charge on any atom is -0.489 e. The molecule has 0 unspecified atom stereocenters. The molecule has 0 saturated carbocycles. The molecule has 3 heteroatoms. The van der Waals surface area contributed by atoms with Crippen molar-refractivity contribution in [3.8, 4) is 5.75 Å². The summed E-state index contributed by atoms with van der Waals surface area (Å²) >= 11 is 1.31. The zero-order valence-corrected chi connectivity index (χ0v) is 12.8. The SMILES string of the molecule is CC(=O)SCC=Cc1cccc(OCc2ccccc2)c1. The maximum absolute atomic E-state index is 10.8. The Labute approximate surface area is 129 Å². The van der Waals surface area contributed by atoms with Gasteiger partial charge >= 0.3 is 0 Å². The van der Waals surface area contributed by atoms with E-state index < -0.39 is 0 Å². The zero-order chi connectivity index (χ0) is 14.9. The molecule has 2 aromatic rings. The van der Waals surface area contributed by atoms with Crippen LogP contribution in [-0.4, -0.2) is 10.9 Å². The van der Waals surface area contributed by atoms with Gasteiger partial charge in [0.25, 0.3) is 0 Å². The number of carbonyl (C=O) groups is 1. The third kappa shape index (κ3) is 5.88. The summed E-state index contributed by atoms with van der Waals surface area (Å²) in [5.41, 5.74) is 2.22. The standard InChI is InChI=1S/C18H18O2S/c1-15(19)21-12-6-10-16-9-5-11-18(13-16)20-14-17-7-3-2-4-8-17/h2-11,13H,12,14H2,1H3. The maximum atomic E-state index is 10.8. The molecule has 0 aliphatic heterocycles. The summed E-state index contributed by atoms with van der Waals surface area (Å²) in [7, 11) is 0. The van der Waals surface area contributed by atoms with Crippen LogP contribution in [0.2, 0.25) is 0 Å². The lowest BCUT2D eigenvalue weighted by Crippen LogP contribution is -1.94. The lowest BCUT2D eigenvalue weighted by molar-refractivity contribution is -0.109. The van der Waals surface area contributed by atoms with E-state index in [1.807, 2.05) is 66.7 Å². The van der Waals surface area contributed by atoms with E-state index in [4.69, 9.17) is 4.74 Å². The number of thioether (sulfide) groups is 1. The van der Waals surface area contributed by atoms with E-state index in [0.717, 1.165) is 16.9 Å². The molecular weight excluding hydrogens is 280 g/mol. The van der Waals surface area contributed by atoms with Crippen molar-refractivity contribution in [2.45, 2.75) is 13.5 Å². The van der Waals surface area contributed by atoms with Crippen LogP contribution in [0, 0.1) is 0 Å². The fraction of sp³-hybridized carbons (Fsp3) is 0.167. The molecule has 0 atom stereocenters. The van der Waals surface area contributed by atoms with E-state index in [9.17, 15) is 4.79 Å². The second kappa shape index (κ2) is 8.32. The van der Waals surface area contributed by atoms with Crippen molar-refractivity contribution >= 4 is 23.0 Å². The third-order valence-corrected chi connectivity index (χ3v) is 3.57. The molecule has 0 radical (unpaired) electrons. The van der Waals surface area contributed by atoms with Crippen molar-refractivity contribution in [1.82, 2.24) is 0 Å². The van der Waals surface area contributed by atoms with Crippen LogP contribution in [0.1, 0.15) is 18.1 Å². The van der Waals surface area contributed by atoms with Crippen molar-refractivity contribution in [3.63, 3.8) is 0 Å². The van der Waals surface area contributed by atoms with Gasteiger partial charge in [0, 0.05) is 12.7 Å². The Bertz CT molecular complexity index is 606. The van der Waals surface area contributed by atoms with Gasteiger partial charge < -0.3 is 4.74 Å². The summed E-state index contributed by atoms with van der Waals surface area (Å²) in [5.74, 6) is 1.55. The molecule has 0 aromatic heterocycles. The Morgan fingerprint density at radius 2 is 1.95 bits per heavy atom. The third-order valence-electron chi connectivity index (χ3n) is 2.80. The minimum absolute atomic E-state index is 0.139. The molecular formula is C18H18O2S. The largest absolute Gasteiger partial charge is 0.489 e. The van der Waals surface area contributed by atoms with Gasteiger partial charge in [-0.25, -0.2) is 0 Å². The predicted molar refractivity (Wildman–Crippen MR) is 89.4 cm³/mol. The number of carbonyl (C=O) groups excluding carboxylic acids is 1. The lowest BCUT2D eigenvalue weighted by atomic mass is 10.2. The lowest BCUT2D eigenvalue weighted by Gasteiger charge is -2.06. The molecule has 0 heterocycles. The fourth-order valence-electron chi connectivity index (χ4n) is 1.80. The molecule has 0 N–H and O–H groups in total. The van der Waals surface area contributed by atoms with Crippen LogP contribution in [0.25, 0.3) is 6.08 Å². The molecule has 0 spiro atoms. The number of benzene rings is 2. The van der Waals surface area contributed by atoms with Gasteiger partial charge in [0.2, 0.25) is 0 Å². The highest BCUT2D eigenvalue weighted by Gasteiger charge is 1.96. The fourth-order valence-corrected chi connectivity index (χ4v) is 2.23. The van der Waals surface area contributed by atoms with Crippen LogP contribution in [0.3, 0.4) is 0 Å². The summed E-state index contributed by atoms with van der Waals surface area (Å²) in [6, 6.07) is 18.0. The Morgan fingerprint density at radius 3 is 2.71 bits per heavy atom. The predicted octanol–water partition coefficient (Wildman–Crippen LogP) is 4.56. The number of hydrogen-bond donors (Lipinski definition) is 0. The first-order valence-corrected chi connectivity index (χ1v) is 7.79. The second-order valence-corrected chi connectivity index (χ2v) is 5.75. The highest BCUT2D eigenvalue weighted by molar-refractivity contribution is 8.13. The van der Waals surface area contributed by atoms with E-state index in [0.29, 0.717) is 12.4 Å². The van der Waals surface area contributed by atoms with Gasteiger partial charge in [0.15, 0.2) is 5.12 Å². The topological polar surface area (TPSA) is 26.3 Å². The molecule has 0 bridgehead atoms. The van der Waals surface area contributed by atoms with E-state index in [-0.39, 0.29) is 5.12 Å². The van der Waals surface area contributed by atoms with Crippen LogP contribution >= 0.6 is 11.8 Å². The highest BCUT2D eigenvalue weighted by Crippen LogP contribution is 2.16. The van der Waals surface area contributed by atoms with Gasteiger partial charge in [-0.15, -0.1) is 0 Å². The molecule has 2 rings (SSSR count). The average Bonchev–Trinajstić information content (AvgIpc) is 2.51. The maximum Gasteiger partial charge on any atom is 0.186 e. The van der Waals surface area contributed by atoms with Crippen molar-refractivity contribution in [2.75, 3.05) is 5.75 Å². The summed E-state index contributed by atoms with van der Waals surface area (Å²) in [6.07, 6.45) is 3.99. The molecule has 0 amide bonds. The average molecular weight is 298 g/mol. The smallest absolute Gasteiger partial charge is 0.186 e. The first kappa shape index (κ1) is 15.4. The molecule has 2 nitrogen and oxygen atoms in total. The van der Waals surface area contributed by atoms with Gasteiger partial charge in [-0.3, -0.25) is 4.79 Å². The van der Waals surface area contributed by atoms with Gasteiger partial charge in [-0.2, -0.15) is 0 Å². The van der Waals surface area contributed by atoms with Gasteiger partial charge in [0.05, 0.1) is 0 Å². The van der Waals surface area contributed by atoms with Gasteiger partial charge in [-0.05, 0) is 23.3 Å². The van der Waals surface area contributed by atoms with Crippen LogP contribution in [-0.2, 0) is 11.4 Å². The van der Waals surface area contributed by atoms with Crippen molar-refractivity contribution in [2.24, 2.45) is 0 Å². The molecule has 0 aliphatic carbocycles. The van der Waals surface area contributed by atoms with Crippen molar-refractivity contribution in [1.29, 1.82) is 0 Å². The quantitative estimate of drug-likeness (QED) is 0.782. The summed E-state index contributed by atoms with van der Waals surface area (Å²) < 4.78 is 5.78. The van der Waals surface area contributed by atoms with E-state index >= 15 is 0 Å². The molecule has 2 aromatic carbocycles. The van der Waals surface area contributed by atoms with Gasteiger partial charge in [-0.1, -0.05) is 66.4 Å². The van der Waals surface area contributed by atoms with E-state index in [1.54, 1.807) is 6.92 Å². The summed E-state index contributed by atoms with van der Waals surface area (Å²) in [5, 5.41) is 0.139. The highest BCUT2D eigenvalue weighted by atomic mass is 32.2. The Balaban J connectivity index is 1.90. The second-order valence-electron chi connectivity index (χ2n) is 4.55. The van der Waals surface area contributed by atoms with Crippen LogP contribution < -0.4 is 4.74 Å². The Morgan fingerprint density at radius 1 is 1.14 bits per heavy atom. The minimum atomic E-state index is 0.139. The monoisotopic (exact) mass is 298 g/mol. The molecule has 0 aliphatic rings. The summed E-state index contributed by atoms with van der Waals surface area (Å²) in [4.78, 5) is 10.8. The first-order valence-electron chi connectivity index (χ1n) is 6.81. The van der Waals surface area contributed by atoms with Crippen LogP contribution in [0.5, 0.6) is 5.75 Å². The van der Waals surface area contributed by atoms with Crippen LogP contribution in [0.4, 0.5) is 0 Å². The van der Waals surface area contributed by atoms with Crippen molar-refractivity contribution in [3.05, 3.63) is 71.8 Å². The van der Waals surface area contributed by atoms with Gasteiger partial charge in [0.1, 0.15) is 12.4 Å². The number of ether oxygens (including phenoxy) is 1. The zero-order valence-electron chi connectivity index (χ0n) is 12.0. The number of rotatable bonds is 6.